The van der Waals surface area contributed by atoms with Crippen molar-refractivity contribution in [3.63, 3.8) is 0 Å². The molecule has 21 heavy (non-hydrogen) atoms. The summed E-state index contributed by atoms with van der Waals surface area (Å²) in [5.74, 6) is 0. The lowest BCUT2D eigenvalue weighted by molar-refractivity contribution is 0.138. The summed E-state index contributed by atoms with van der Waals surface area (Å²) in [4.78, 5) is 4.55. The van der Waals surface area contributed by atoms with Crippen LogP contribution in [0.3, 0.4) is 0 Å². The van der Waals surface area contributed by atoms with E-state index in [2.05, 4.69) is 30.8 Å². The van der Waals surface area contributed by atoms with Crippen LogP contribution in [0.15, 0.2) is 18.2 Å². The van der Waals surface area contributed by atoms with Crippen LogP contribution >= 0.6 is 23.2 Å². The van der Waals surface area contributed by atoms with Crippen molar-refractivity contribution in [1.82, 2.24) is 9.80 Å². The molecule has 0 heterocycles. The highest BCUT2D eigenvalue weighted by Gasteiger charge is 2.15. The molecule has 0 aliphatic carbocycles. The van der Waals surface area contributed by atoms with Crippen molar-refractivity contribution in [1.29, 1.82) is 0 Å². The Hall–Kier alpha value is -0.320. The molecule has 1 aromatic rings. The standard InChI is InChI=1S/C16H26Cl2N2O/c1-4-9-20(12-11-19(2)3)10-8-15(21)13-6-5-7-14(17)16(13)18/h5-7,15,21H,4,8-12H2,1-3H3. The predicted molar refractivity (Wildman–Crippen MR) is 91.3 cm³/mol. The topological polar surface area (TPSA) is 26.7 Å². The first-order valence-electron chi connectivity index (χ1n) is 7.44. The molecule has 1 rings (SSSR count). The second kappa shape index (κ2) is 9.65. The SMILES string of the molecule is CCCN(CCC(O)c1cccc(Cl)c1Cl)CCN(C)C. The maximum absolute atomic E-state index is 10.3. The zero-order chi connectivity index (χ0) is 15.8. The van der Waals surface area contributed by atoms with Gasteiger partial charge in [0.2, 0.25) is 0 Å². The van der Waals surface area contributed by atoms with E-state index in [1.54, 1.807) is 6.07 Å². The average Bonchev–Trinajstić information content (AvgIpc) is 2.44. The summed E-state index contributed by atoms with van der Waals surface area (Å²) in [6.45, 7) is 6.10. The molecule has 0 radical (unpaired) electrons. The Bertz CT molecular complexity index is 427. The van der Waals surface area contributed by atoms with Crippen molar-refractivity contribution in [2.24, 2.45) is 0 Å². The zero-order valence-electron chi connectivity index (χ0n) is 13.1. The van der Waals surface area contributed by atoms with E-state index >= 15 is 0 Å². The molecule has 0 fully saturated rings. The largest absolute Gasteiger partial charge is 0.388 e. The Morgan fingerprint density at radius 3 is 2.43 bits per heavy atom. The molecule has 0 bridgehead atoms. The molecule has 3 nitrogen and oxygen atoms in total. The van der Waals surface area contributed by atoms with Crippen LogP contribution in [-0.4, -0.2) is 55.2 Å². The number of nitrogens with zero attached hydrogens (tertiary/aromatic N) is 2. The van der Waals surface area contributed by atoms with Crippen molar-refractivity contribution in [2.75, 3.05) is 40.3 Å². The van der Waals surface area contributed by atoms with Crippen LogP contribution in [0, 0.1) is 0 Å². The molecule has 0 amide bonds. The summed E-state index contributed by atoms with van der Waals surface area (Å²) in [7, 11) is 4.15. The van der Waals surface area contributed by atoms with Crippen molar-refractivity contribution in [3.8, 4) is 0 Å². The number of likely N-dealkylation sites (N-methyl/N-ethyl adjacent to an activating group) is 1. The molecule has 0 aromatic heterocycles. The van der Waals surface area contributed by atoms with Crippen LogP contribution in [0.5, 0.6) is 0 Å². The fourth-order valence-corrected chi connectivity index (χ4v) is 2.67. The third-order valence-electron chi connectivity index (χ3n) is 3.46. The minimum atomic E-state index is -0.574. The number of halogens is 2. The van der Waals surface area contributed by atoms with E-state index in [-0.39, 0.29) is 0 Å². The van der Waals surface area contributed by atoms with Crippen molar-refractivity contribution < 1.29 is 5.11 Å². The van der Waals surface area contributed by atoms with Crippen LogP contribution in [-0.2, 0) is 0 Å². The van der Waals surface area contributed by atoms with Gasteiger partial charge in [0, 0.05) is 25.2 Å². The summed E-state index contributed by atoms with van der Waals surface area (Å²) in [5, 5.41) is 11.3. The first kappa shape index (κ1) is 18.7. The molecule has 0 spiro atoms. The van der Waals surface area contributed by atoms with Gasteiger partial charge in [0.25, 0.3) is 0 Å². The normalized spacial score (nSPS) is 13.1. The summed E-state index contributed by atoms with van der Waals surface area (Å²) in [6, 6.07) is 5.39. The van der Waals surface area contributed by atoms with Gasteiger partial charge in [-0.15, -0.1) is 0 Å². The lowest BCUT2D eigenvalue weighted by Crippen LogP contribution is -2.33. The van der Waals surface area contributed by atoms with Gasteiger partial charge in [-0.2, -0.15) is 0 Å². The summed E-state index contributed by atoms with van der Waals surface area (Å²) in [6.07, 6.45) is 1.20. The Balaban J connectivity index is 2.56. The number of aliphatic hydroxyl groups excluding tert-OH is 1. The van der Waals surface area contributed by atoms with Crippen LogP contribution in [0.25, 0.3) is 0 Å². The van der Waals surface area contributed by atoms with Gasteiger partial charge in [0.05, 0.1) is 16.1 Å². The maximum Gasteiger partial charge on any atom is 0.0817 e. The van der Waals surface area contributed by atoms with Gasteiger partial charge in [-0.25, -0.2) is 0 Å². The van der Waals surface area contributed by atoms with Crippen molar-refractivity contribution in [2.45, 2.75) is 25.9 Å². The van der Waals surface area contributed by atoms with Gasteiger partial charge in [0.15, 0.2) is 0 Å². The van der Waals surface area contributed by atoms with Gasteiger partial charge in [-0.05, 0) is 39.5 Å². The van der Waals surface area contributed by atoms with E-state index in [9.17, 15) is 5.11 Å². The van der Waals surface area contributed by atoms with Crippen LogP contribution in [0.4, 0.5) is 0 Å². The summed E-state index contributed by atoms with van der Waals surface area (Å²) < 4.78 is 0. The van der Waals surface area contributed by atoms with Gasteiger partial charge >= 0.3 is 0 Å². The molecule has 0 saturated heterocycles. The molecule has 120 valence electrons. The molecule has 1 aromatic carbocycles. The first-order chi connectivity index (χ1) is 9.95. The minimum Gasteiger partial charge on any atom is -0.388 e. The first-order valence-corrected chi connectivity index (χ1v) is 8.20. The smallest absolute Gasteiger partial charge is 0.0817 e. The number of aliphatic hydroxyl groups is 1. The van der Waals surface area contributed by atoms with Gasteiger partial charge < -0.3 is 14.9 Å². The summed E-state index contributed by atoms with van der Waals surface area (Å²) >= 11 is 12.2. The fraction of sp³-hybridized carbons (Fsp3) is 0.625. The minimum absolute atomic E-state index is 0.460. The third-order valence-corrected chi connectivity index (χ3v) is 4.30. The second-order valence-corrected chi connectivity index (χ2v) is 6.38. The third kappa shape index (κ3) is 6.54. The molecule has 1 N–H and O–H groups in total. The van der Waals surface area contributed by atoms with E-state index < -0.39 is 6.10 Å². The molecule has 0 aliphatic heterocycles. The Morgan fingerprint density at radius 1 is 1.10 bits per heavy atom. The van der Waals surface area contributed by atoms with Crippen LogP contribution in [0.2, 0.25) is 10.0 Å². The fourth-order valence-electron chi connectivity index (χ4n) is 2.23. The van der Waals surface area contributed by atoms with Crippen LogP contribution < -0.4 is 0 Å². The van der Waals surface area contributed by atoms with Crippen molar-refractivity contribution in [3.05, 3.63) is 33.8 Å². The Kier molecular flexibility index (Phi) is 8.60. The molecular weight excluding hydrogens is 307 g/mol. The average molecular weight is 333 g/mol. The van der Waals surface area contributed by atoms with Gasteiger partial charge in [-0.3, -0.25) is 0 Å². The molecule has 1 atom stereocenters. The number of hydrogen-bond donors (Lipinski definition) is 1. The van der Waals surface area contributed by atoms with E-state index in [4.69, 9.17) is 23.2 Å². The van der Waals surface area contributed by atoms with E-state index in [1.165, 1.54) is 0 Å². The highest BCUT2D eigenvalue weighted by Crippen LogP contribution is 2.31. The quantitative estimate of drug-likeness (QED) is 0.747. The Morgan fingerprint density at radius 2 is 1.81 bits per heavy atom. The summed E-state index contributed by atoms with van der Waals surface area (Å²) in [5.41, 5.74) is 0.716. The Labute approximate surface area is 138 Å². The van der Waals surface area contributed by atoms with Gasteiger partial charge in [-0.1, -0.05) is 42.3 Å². The molecule has 0 saturated carbocycles. The second-order valence-electron chi connectivity index (χ2n) is 5.59. The molecule has 0 aliphatic rings. The lowest BCUT2D eigenvalue weighted by Gasteiger charge is -2.25. The number of benzene rings is 1. The number of hydrogen-bond acceptors (Lipinski definition) is 3. The van der Waals surface area contributed by atoms with Crippen LogP contribution in [0.1, 0.15) is 31.4 Å². The lowest BCUT2D eigenvalue weighted by atomic mass is 10.1. The highest BCUT2D eigenvalue weighted by atomic mass is 35.5. The van der Waals surface area contributed by atoms with E-state index in [0.717, 1.165) is 32.6 Å². The maximum atomic E-state index is 10.3. The van der Waals surface area contributed by atoms with Gasteiger partial charge in [0.1, 0.15) is 0 Å². The number of rotatable bonds is 9. The monoisotopic (exact) mass is 332 g/mol. The zero-order valence-corrected chi connectivity index (χ0v) is 14.7. The molecular formula is C16H26Cl2N2O. The van der Waals surface area contributed by atoms with Crippen molar-refractivity contribution >= 4 is 23.2 Å². The molecule has 5 heteroatoms. The van der Waals surface area contributed by atoms with E-state index in [1.807, 2.05) is 12.1 Å². The van der Waals surface area contributed by atoms with E-state index in [0.29, 0.717) is 22.0 Å². The highest BCUT2D eigenvalue weighted by molar-refractivity contribution is 6.42. The predicted octanol–water partition coefficient (Wildman–Crippen LogP) is 3.69. The molecule has 1 unspecified atom stereocenters.